The van der Waals surface area contributed by atoms with Gasteiger partial charge in [-0.05, 0) is 6.07 Å². The van der Waals surface area contributed by atoms with Gasteiger partial charge in [0.1, 0.15) is 5.15 Å². The van der Waals surface area contributed by atoms with Gasteiger partial charge in [-0.2, -0.15) is 0 Å². The third kappa shape index (κ3) is 2.10. The van der Waals surface area contributed by atoms with Crippen LogP contribution in [0.15, 0.2) is 12.1 Å². The Bertz CT molecular complexity index is 587. The van der Waals surface area contributed by atoms with Gasteiger partial charge < -0.3 is 9.47 Å². The fourth-order valence-corrected chi connectivity index (χ4v) is 2.12. The molecular weight excluding hydrogens is 284 g/mol. The van der Waals surface area contributed by atoms with Crippen molar-refractivity contribution in [1.82, 2.24) is 4.98 Å². The Kier molecular flexibility index (Phi) is 3.52. The first-order valence-electron chi connectivity index (χ1n) is 4.64. The molecule has 2 aromatic rings. The van der Waals surface area contributed by atoms with Crippen LogP contribution in [0.25, 0.3) is 10.9 Å². The zero-order chi connectivity index (χ0) is 12.6. The molecule has 1 aromatic carbocycles. The molecule has 0 N–H and O–H groups in total. The molecule has 0 fully saturated rings. The van der Waals surface area contributed by atoms with Crippen LogP contribution in [-0.4, -0.2) is 19.2 Å². The molecule has 2 rings (SSSR count). The molecule has 0 amide bonds. The highest BCUT2D eigenvalue weighted by molar-refractivity contribution is 6.49. The number of fused-ring (bicyclic) bond motifs is 1. The molecule has 0 saturated heterocycles. The molecule has 17 heavy (non-hydrogen) atoms. The second kappa shape index (κ2) is 4.77. The molecule has 0 bridgehead atoms. The van der Waals surface area contributed by atoms with Gasteiger partial charge in [0.2, 0.25) is 0 Å². The van der Waals surface area contributed by atoms with E-state index < -0.39 is 0 Å². The molecule has 0 aliphatic carbocycles. The number of aromatic nitrogens is 1. The molecule has 0 spiro atoms. The fraction of sp³-hybridized carbons (Fsp3) is 0.182. The van der Waals surface area contributed by atoms with E-state index in [1.54, 1.807) is 26.4 Å². The van der Waals surface area contributed by atoms with Gasteiger partial charge in [-0.25, -0.2) is 4.98 Å². The summed E-state index contributed by atoms with van der Waals surface area (Å²) >= 11 is 17.9. The highest BCUT2D eigenvalue weighted by atomic mass is 35.5. The Morgan fingerprint density at radius 3 is 2.12 bits per heavy atom. The lowest BCUT2D eigenvalue weighted by atomic mass is 10.2. The third-order valence-corrected chi connectivity index (χ3v) is 3.56. The summed E-state index contributed by atoms with van der Waals surface area (Å²) in [7, 11) is 3.09. The van der Waals surface area contributed by atoms with Crippen LogP contribution in [-0.2, 0) is 0 Å². The predicted octanol–water partition coefficient (Wildman–Crippen LogP) is 4.21. The first-order valence-corrected chi connectivity index (χ1v) is 5.78. The van der Waals surface area contributed by atoms with E-state index in [4.69, 9.17) is 44.3 Å². The maximum absolute atomic E-state index is 6.10. The Morgan fingerprint density at radius 1 is 0.941 bits per heavy atom. The van der Waals surface area contributed by atoms with E-state index in [-0.39, 0.29) is 10.2 Å². The molecule has 0 unspecified atom stereocenters. The van der Waals surface area contributed by atoms with Crippen molar-refractivity contribution in [2.75, 3.05) is 14.2 Å². The highest BCUT2D eigenvalue weighted by Gasteiger charge is 2.14. The summed E-state index contributed by atoms with van der Waals surface area (Å²) in [6.45, 7) is 0. The Hall–Kier alpha value is -0.900. The summed E-state index contributed by atoms with van der Waals surface area (Å²) in [6.07, 6.45) is 0. The van der Waals surface area contributed by atoms with Crippen molar-refractivity contribution in [3.8, 4) is 11.5 Å². The van der Waals surface area contributed by atoms with Gasteiger partial charge in [-0.1, -0.05) is 34.8 Å². The van der Waals surface area contributed by atoms with Gasteiger partial charge >= 0.3 is 0 Å². The lowest BCUT2D eigenvalue weighted by Crippen LogP contribution is -1.92. The van der Waals surface area contributed by atoms with Gasteiger partial charge in [0.15, 0.2) is 11.5 Å². The zero-order valence-corrected chi connectivity index (χ0v) is 11.3. The highest BCUT2D eigenvalue weighted by Crippen LogP contribution is 2.39. The quantitative estimate of drug-likeness (QED) is 0.777. The third-order valence-electron chi connectivity index (χ3n) is 2.33. The minimum Gasteiger partial charge on any atom is -0.493 e. The monoisotopic (exact) mass is 291 g/mol. The van der Waals surface area contributed by atoms with E-state index in [2.05, 4.69) is 4.98 Å². The number of pyridine rings is 1. The first-order chi connectivity index (χ1) is 8.08. The molecule has 0 aliphatic rings. The van der Waals surface area contributed by atoms with Crippen molar-refractivity contribution in [1.29, 1.82) is 0 Å². The second-order valence-electron chi connectivity index (χ2n) is 3.25. The number of hydrogen-bond acceptors (Lipinski definition) is 3. The summed E-state index contributed by atoms with van der Waals surface area (Å²) in [4.78, 5) is 4.13. The van der Waals surface area contributed by atoms with Crippen LogP contribution < -0.4 is 9.47 Å². The fourth-order valence-electron chi connectivity index (χ4n) is 1.50. The Labute approximate surface area is 113 Å². The summed E-state index contributed by atoms with van der Waals surface area (Å²) in [5, 5.41) is 1.41. The number of nitrogens with zero attached hydrogens (tertiary/aromatic N) is 1. The van der Waals surface area contributed by atoms with Crippen molar-refractivity contribution in [2.24, 2.45) is 0 Å². The smallest absolute Gasteiger partial charge is 0.162 e. The van der Waals surface area contributed by atoms with E-state index in [0.717, 1.165) is 0 Å². The van der Waals surface area contributed by atoms with Crippen molar-refractivity contribution in [2.45, 2.75) is 0 Å². The minimum atomic E-state index is 0.163. The molecular formula is C11H8Cl3NO2. The summed E-state index contributed by atoms with van der Waals surface area (Å²) in [5.41, 5.74) is 0.599. The van der Waals surface area contributed by atoms with Crippen molar-refractivity contribution in [3.05, 3.63) is 27.3 Å². The molecule has 0 atom stereocenters. The number of methoxy groups -OCH3 is 2. The van der Waals surface area contributed by atoms with E-state index in [1.165, 1.54) is 0 Å². The van der Waals surface area contributed by atoms with Crippen LogP contribution in [0.1, 0.15) is 0 Å². The SMILES string of the molecule is COc1cc2nc(Cl)c(Cl)c(Cl)c2cc1OC. The Balaban J connectivity index is 2.83. The second-order valence-corrected chi connectivity index (χ2v) is 4.37. The molecule has 1 heterocycles. The maximum atomic E-state index is 6.10. The number of ether oxygens (including phenoxy) is 2. The van der Waals surface area contributed by atoms with Gasteiger partial charge in [0.25, 0.3) is 0 Å². The molecule has 0 radical (unpaired) electrons. The van der Waals surface area contributed by atoms with Gasteiger partial charge in [-0.3, -0.25) is 0 Å². The molecule has 6 heteroatoms. The van der Waals surface area contributed by atoms with Crippen LogP contribution in [0.5, 0.6) is 11.5 Å². The topological polar surface area (TPSA) is 31.4 Å². The van der Waals surface area contributed by atoms with Gasteiger partial charge in [-0.15, -0.1) is 0 Å². The number of halogens is 3. The molecule has 0 aliphatic heterocycles. The minimum absolute atomic E-state index is 0.163. The predicted molar refractivity (Wildman–Crippen MR) is 69.9 cm³/mol. The van der Waals surface area contributed by atoms with E-state index in [0.29, 0.717) is 27.4 Å². The van der Waals surface area contributed by atoms with Crippen LogP contribution in [0, 0.1) is 0 Å². The van der Waals surface area contributed by atoms with Crippen molar-refractivity contribution < 1.29 is 9.47 Å². The number of rotatable bonds is 2. The van der Waals surface area contributed by atoms with E-state index in [9.17, 15) is 0 Å². The van der Waals surface area contributed by atoms with Gasteiger partial charge in [0, 0.05) is 11.5 Å². The lowest BCUT2D eigenvalue weighted by molar-refractivity contribution is 0.356. The largest absolute Gasteiger partial charge is 0.493 e. The summed E-state index contributed by atoms with van der Waals surface area (Å²) in [5.74, 6) is 1.11. The Morgan fingerprint density at radius 2 is 1.53 bits per heavy atom. The number of hydrogen-bond donors (Lipinski definition) is 0. The van der Waals surface area contributed by atoms with Crippen LogP contribution in [0.3, 0.4) is 0 Å². The van der Waals surface area contributed by atoms with Crippen molar-refractivity contribution >= 4 is 45.7 Å². The normalized spacial score (nSPS) is 10.6. The number of benzene rings is 1. The zero-order valence-electron chi connectivity index (χ0n) is 9.05. The maximum Gasteiger partial charge on any atom is 0.162 e. The van der Waals surface area contributed by atoms with E-state index in [1.807, 2.05) is 0 Å². The summed E-state index contributed by atoms with van der Waals surface area (Å²) < 4.78 is 10.4. The first kappa shape index (κ1) is 12.6. The molecule has 0 saturated carbocycles. The average molecular weight is 293 g/mol. The van der Waals surface area contributed by atoms with E-state index >= 15 is 0 Å². The molecule has 3 nitrogen and oxygen atoms in total. The summed E-state index contributed by atoms with van der Waals surface area (Å²) in [6, 6.07) is 3.41. The van der Waals surface area contributed by atoms with Crippen molar-refractivity contribution in [3.63, 3.8) is 0 Å². The van der Waals surface area contributed by atoms with Crippen LogP contribution >= 0.6 is 34.8 Å². The van der Waals surface area contributed by atoms with Crippen LogP contribution in [0.2, 0.25) is 15.2 Å². The van der Waals surface area contributed by atoms with Crippen LogP contribution in [0.4, 0.5) is 0 Å². The standard InChI is InChI=1S/C11H8Cl3NO2/c1-16-7-3-5-6(4-8(7)17-2)15-11(14)10(13)9(5)12/h3-4H,1-2H3. The average Bonchev–Trinajstić information content (AvgIpc) is 2.34. The molecule has 1 aromatic heterocycles. The van der Waals surface area contributed by atoms with Gasteiger partial charge in [0.05, 0.1) is 29.8 Å². The molecule has 90 valence electrons. The lowest BCUT2D eigenvalue weighted by Gasteiger charge is -2.10.